The van der Waals surface area contributed by atoms with Gasteiger partial charge in [-0.15, -0.1) is 11.8 Å². The Balaban J connectivity index is 1.99. The fraction of sp³-hybridized carbons (Fsp3) is 0.300. The summed E-state index contributed by atoms with van der Waals surface area (Å²) in [5.41, 5.74) is 8.01. The first-order valence-corrected chi connectivity index (χ1v) is 9.53. The van der Waals surface area contributed by atoms with Gasteiger partial charge in [0.05, 0.1) is 5.75 Å². The molecule has 0 bridgehead atoms. The highest BCUT2D eigenvalue weighted by molar-refractivity contribution is 8.00. The molecule has 0 heterocycles. The van der Waals surface area contributed by atoms with Crippen molar-refractivity contribution in [1.82, 2.24) is 0 Å². The van der Waals surface area contributed by atoms with Gasteiger partial charge >= 0.3 is 0 Å². The number of benzene rings is 2. The molecule has 0 radical (unpaired) electrons. The van der Waals surface area contributed by atoms with Gasteiger partial charge in [0.25, 0.3) is 0 Å². The van der Waals surface area contributed by atoms with Gasteiger partial charge in [0, 0.05) is 16.3 Å². The first kappa shape index (κ1) is 19.8. The van der Waals surface area contributed by atoms with E-state index < -0.39 is 6.04 Å². The Morgan fingerprint density at radius 2 is 1.69 bits per heavy atom. The Morgan fingerprint density at radius 1 is 1.04 bits per heavy atom. The molecule has 4 N–H and O–H groups in total. The zero-order chi connectivity index (χ0) is 19.1. The van der Waals surface area contributed by atoms with Gasteiger partial charge in [-0.1, -0.05) is 38.1 Å². The highest BCUT2D eigenvalue weighted by atomic mass is 32.2. The average molecular weight is 372 g/mol. The van der Waals surface area contributed by atoms with Gasteiger partial charge in [0.15, 0.2) is 0 Å². The lowest BCUT2D eigenvalue weighted by atomic mass is 10.0. The summed E-state index contributed by atoms with van der Waals surface area (Å²) in [5, 5.41) is 6.11. The molecule has 5 nitrogen and oxygen atoms in total. The molecule has 1 atom stereocenters. The molecule has 0 aliphatic rings. The summed E-state index contributed by atoms with van der Waals surface area (Å²) in [6, 6.07) is 15.0. The van der Waals surface area contributed by atoms with Crippen molar-refractivity contribution in [3.05, 3.63) is 54.1 Å². The van der Waals surface area contributed by atoms with E-state index in [1.165, 1.54) is 17.3 Å². The van der Waals surface area contributed by atoms with Gasteiger partial charge in [-0.05, 0) is 42.7 Å². The molecule has 0 saturated heterocycles. The Kier molecular flexibility index (Phi) is 7.09. The molecule has 0 aromatic heterocycles. The Labute approximate surface area is 158 Å². The maximum atomic E-state index is 12.5. The predicted octanol–water partition coefficient (Wildman–Crippen LogP) is 3.83. The largest absolute Gasteiger partial charge is 0.373 e. The van der Waals surface area contributed by atoms with E-state index >= 15 is 0 Å². The maximum Gasteiger partial charge on any atom is 0.246 e. The van der Waals surface area contributed by atoms with Gasteiger partial charge in [-0.2, -0.15) is 0 Å². The second kappa shape index (κ2) is 9.29. The minimum absolute atomic E-state index is 0.128. The number of nitrogens with one attached hydrogen (secondary N) is 2. The molecule has 0 aliphatic heterocycles. The molecule has 2 aromatic rings. The standard InChI is InChI=1S/C20H25N3O2S/c1-13(2)15-8-10-16(11-9-15)23-20(25)14(3)22-17-6-4-5-7-18(17)26-12-19(21)24/h4-11,13-14,22H,12H2,1-3H3,(H2,21,24)(H,23,25)/t14-/m0/s1. The highest BCUT2D eigenvalue weighted by Gasteiger charge is 2.15. The first-order chi connectivity index (χ1) is 12.4. The normalized spacial score (nSPS) is 11.8. The van der Waals surface area contributed by atoms with Crippen LogP contribution >= 0.6 is 11.8 Å². The third-order valence-corrected chi connectivity index (χ3v) is 4.96. The lowest BCUT2D eigenvalue weighted by Gasteiger charge is -2.18. The molecule has 2 aromatic carbocycles. The first-order valence-electron chi connectivity index (χ1n) is 8.54. The number of thioether (sulfide) groups is 1. The van der Waals surface area contributed by atoms with Crippen LogP contribution in [-0.4, -0.2) is 23.6 Å². The number of amides is 2. The third-order valence-electron chi connectivity index (χ3n) is 3.87. The summed E-state index contributed by atoms with van der Waals surface area (Å²) in [6.45, 7) is 6.06. The van der Waals surface area contributed by atoms with Crippen molar-refractivity contribution in [3.8, 4) is 0 Å². The fourth-order valence-electron chi connectivity index (χ4n) is 2.36. The molecule has 2 amide bonds. The molecule has 6 heteroatoms. The van der Waals surface area contributed by atoms with E-state index in [1.54, 1.807) is 6.92 Å². The molecule has 26 heavy (non-hydrogen) atoms. The van der Waals surface area contributed by atoms with E-state index in [1.807, 2.05) is 48.5 Å². The number of hydrogen-bond donors (Lipinski definition) is 3. The monoisotopic (exact) mass is 371 g/mol. The second-order valence-corrected chi connectivity index (χ2v) is 7.40. The van der Waals surface area contributed by atoms with Gasteiger partial charge in [-0.25, -0.2) is 0 Å². The van der Waals surface area contributed by atoms with E-state index in [0.29, 0.717) is 5.92 Å². The van der Waals surface area contributed by atoms with Crippen molar-refractivity contribution in [2.24, 2.45) is 5.73 Å². The van der Waals surface area contributed by atoms with E-state index in [2.05, 4.69) is 24.5 Å². The summed E-state index contributed by atoms with van der Waals surface area (Å²) in [5.74, 6) is 0.147. The number of carbonyl (C=O) groups is 2. The van der Waals surface area contributed by atoms with E-state index in [-0.39, 0.29) is 17.6 Å². The van der Waals surface area contributed by atoms with Crippen LogP contribution in [0.4, 0.5) is 11.4 Å². The number of hydrogen-bond acceptors (Lipinski definition) is 4. The molecule has 0 fully saturated rings. The summed E-state index contributed by atoms with van der Waals surface area (Å²) in [7, 11) is 0. The van der Waals surface area contributed by atoms with Crippen LogP contribution in [0.5, 0.6) is 0 Å². The lowest BCUT2D eigenvalue weighted by molar-refractivity contribution is -0.117. The summed E-state index contributed by atoms with van der Waals surface area (Å²) in [6.07, 6.45) is 0. The smallest absolute Gasteiger partial charge is 0.246 e. The molecule has 0 saturated carbocycles. The van der Waals surface area contributed by atoms with Crippen LogP contribution in [0.1, 0.15) is 32.3 Å². The minimum Gasteiger partial charge on any atom is -0.373 e. The molecule has 2 rings (SSSR count). The van der Waals surface area contributed by atoms with Crippen molar-refractivity contribution in [2.45, 2.75) is 37.6 Å². The van der Waals surface area contributed by atoms with Gasteiger partial charge < -0.3 is 16.4 Å². The van der Waals surface area contributed by atoms with Gasteiger partial charge in [0.1, 0.15) is 6.04 Å². The van der Waals surface area contributed by atoms with E-state index in [9.17, 15) is 9.59 Å². The number of para-hydroxylation sites is 1. The molecule has 0 aliphatic carbocycles. The number of primary amides is 1. The van der Waals surface area contributed by atoms with Crippen LogP contribution in [0, 0.1) is 0 Å². The summed E-state index contributed by atoms with van der Waals surface area (Å²) < 4.78 is 0. The Bertz CT molecular complexity index is 760. The quantitative estimate of drug-likeness (QED) is 0.616. The van der Waals surface area contributed by atoms with Crippen molar-refractivity contribution in [3.63, 3.8) is 0 Å². The Hall–Kier alpha value is -2.47. The van der Waals surface area contributed by atoms with Crippen molar-refractivity contribution < 1.29 is 9.59 Å². The molecular weight excluding hydrogens is 346 g/mol. The summed E-state index contributed by atoms with van der Waals surface area (Å²) >= 11 is 1.35. The van der Waals surface area contributed by atoms with Crippen LogP contribution in [0.25, 0.3) is 0 Å². The Morgan fingerprint density at radius 3 is 2.31 bits per heavy atom. The van der Waals surface area contributed by atoms with Crippen LogP contribution in [0.3, 0.4) is 0 Å². The summed E-state index contributed by atoms with van der Waals surface area (Å²) in [4.78, 5) is 24.3. The molecular formula is C20H25N3O2S. The number of rotatable bonds is 8. The van der Waals surface area contributed by atoms with E-state index in [4.69, 9.17) is 5.73 Å². The number of nitrogens with two attached hydrogens (primary N) is 1. The third kappa shape index (κ3) is 5.81. The minimum atomic E-state index is -0.435. The SMILES string of the molecule is CC(C)c1ccc(NC(=O)[C@H](C)Nc2ccccc2SCC(N)=O)cc1. The molecule has 0 unspecified atom stereocenters. The fourth-order valence-corrected chi connectivity index (χ4v) is 3.12. The van der Waals surface area contributed by atoms with Crippen LogP contribution < -0.4 is 16.4 Å². The zero-order valence-electron chi connectivity index (χ0n) is 15.3. The maximum absolute atomic E-state index is 12.5. The zero-order valence-corrected chi connectivity index (χ0v) is 16.1. The van der Waals surface area contributed by atoms with Crippen molar-refractivity contribution in [1.29, 1.82) is 0 Å². The predicted molar refractivity (Wildman–Crippen MR) is 109 cm³/mol. The van der Waals surface area contributed by atoms with Gasteiger partial charge in [0.2, 0.25) is 11.8 Å². The molecule has 0 spiro atoms. The lowest BCUT2D eigenvalue weighted by Crippen LogP contribution is -2.32. The van der Waals surface area contributed by atoms with Crippen LogP contribution in [-0.2, 0) is 9.59 Å². The van der Waals surface area contributed by atoms with Crippen molar-refractivity contribution >= 4 is 35.0 Å². The van der Waals surface area contributed by atoms with Crippen LogP contribution in [0.15, 0.2) is 53.4 Å². The van der Waals surface area contributed by atoms with Crippen molar-refractivity contribution in [2.75, 3.05) is 16.4 Å². The average Bonchev–Trinajstić information content (AvgIpc) is 2.61. The second-order valence-electron chi connectivity index (χ2n) is 6.38. The number of carbonyl (C=O) groups excluding carboxylic acids is 2. The van der Waals surface area contributed by atoms with E-state index in [0.717, 1.165) is 16.3 Å². The number of anilines is 2. The van der Waals surface area contributed by atoms with Crippen LogP contribution in [0.2, 0.25) is 0 Å². The van der Waals surface area contributed by atoms with Gasteiger partial charge in [-0.3, -0.25) is 9.59 Å². The highest BCUT2D eigenvalue weighted by Crippen LogP contribution is 2.27. The topological polar surface area (TPSA) is 84.2 Å². The molecule has 138 valence electrons.